The number of ether oxygens (including phenoxy) is 2. The summed E-state index contributed by atoms with van der Waals surface area (Å²) in [5.74, 6) is -7.90. The number of phosphoric acid groups is 2. The third kappa shape index (κ3) is 17.5. The molecule has 4 aromatic rings. The van der Waals surface area contributed by atoms with Gasteiger partial charge in [0.2, 0.25) is 47.3 Å². The minimum absolute atomic E-state index is 0. The number of aliphatic hydroxyl groups excluding tert-OH is 4. The Morgan fingerprint density at radius 1 is 0.708 bits per heavy atom. The van der Waals surface area contributed by atoms with Crippen molar-refractivity contribution in [2.75, 3.05) is 24.6 Å². The summed E-state index contributed by atoms with van der Waals surface area (Å²) in [5, 5.41) is 49.3. The number of hydrogen-bond donors (Lipinski definition) is 16. The molecular weight excluding hydrogens is 1570 g/mol. The van der Waals surface area contributed by atoms with E-state index in [0.29, 0.717) is 56.5 Å². The second-order valence-electron chi connectivity index (χ2n) is 30.9. The fourth-order valence-corrected chi connectivity index (χ4v) is 19.3. The van der Waals surface area contributed by atoms with E-state index in [1.54, 1.807) is 47.6 Å². The predicted octanol–water partition coefficient (Wildman–Crippen LogP) is -0.0277. The number of allylic oxidation sites excluding steroid dienone is 6. The van der Waals surface area contributed by atoms with Gasteiger partial charge in [-0.25, -0.2) is 29.1 Å². The number of nitrogens with one attached hydrogen (secondary N) is 2. The first-order valence-electron chi connectivity index (χ1n) is 35.9. The third-order valence-electron chi connectivity index (χ3n) is 22.9. The van der Waals surface area contributed by atoms with E-state index < -0.39 is 188 Å². The summed E-state index contributed by atoms with van der Waals surface area (Å²) in [6, 6.07) is -1.11. The van der Waals surface area contributed by atoms with Gasteiger partial charge in [-0.1, -0.05) is 47.1 Å². The minimum atomic E-state index is -5.56. The Labute approximate surface area is 657 Å². The van der Waals surface area contributed by atoms with Gasteiger partial charge in [0, 0.05) is 114 Å². The molecule has 3 fully saturated rings. The van der Waals surface area contributed by atoms with E-state index in [2.05, 4.69) is 46.5 Å². The van der Waals surface area contributed by atoms with Crippen LogP contribution < -0.4 is 56.7 Å². The number of aliphatic hydroxyl groups is 4. The predicted molar refractivity (Wildman–Crippen MR) is 399 cm³/mol. The molecule has 0 saturated carbocycles. The first kappa shape index (κ1) is 88.3. The molecule has 3 unspecified atom stereocenters. The van der Waals surface area contributed by atoms with Crippen molar-refractivity contribution in [2.45, 2.75) is 200 Å². The van der Waals surface area contributed by atoms with Crippen molar-refractivity contribution in [3.63, 3.8) is 0 Å². The minimum Gasteiger partial charge on any atom is -0.680 e. The number of primary amides is 6. The van der Waals surface area contributed by atoms with Crippen LogP contribution in [0.15, 0.2) is 73.1 Å². The van der Waals surface area contributed by atoms with E-state index >= 15 is 0 Å². The van der Waals surface area contributed by atoms with Crippen molar-refractivity contribution in [1.29, 1.82) is 0 Å². The van der Waals surface area contributed by atoms with Crippen molar-refractivity contribution < 1.29 is 113 Å². The van der Waals surface area contributed by atoms with Gasteiger partial charge in [-0.2, -0.15) is 15.0 Å². The van der Waals surface area contributed by atoms with E-state index in [1.807, 2.05) is 13.8 Å². The third-order valence-corrected chi connectivity index (χ3v) is 25.7. The van der Waals surface area contributed by atoms with Crippen LogP contribution in [-0.2, 0) is 82.3 Å². The maximum atomic E-state index is 14.3. The van der Waals surface area contributed by atoms with E-state index in [1.165, 1.54) is 24.1 Å². The van der Waals surface area contributed by atoms with Gasteiger partial charge in [0.15, 0.2) is 35.1 Å². The molecule has 618 valence electrons. The smallest absolute Gasteiger partial charge is 0.680 e. The van der Waals surface area contributed by atoms with Crippen LogP contribution in [0.1, 0.15) is 145 Å². The number of carbonyl (C=O) groups excluding carboxylic acids is 7. The molecule has 0 aromatic carbocycles. The number of anilines is 2. The van der Waals surface area contributed by atoms with Gasteiger partial charge in [0.05, 0.1) is 31.5 Å². The Morgan fingerprint density at radius 2 is 1.29 bits per heavy atom. The number of nitrogens with two attached hydrogens (primary N) is 8. The average molecular weight is 1670 g/mol. The molecule has 24 N–H and O–H groups in total. The van der Waals surface area contributed by atoms with Crippen LogP contribution in [-0.4, -0.2) is 195 Å². The van der Waals surface area contributed by atoms with E-state index in [4.69, 9.17) is 84.7 Å². The monoisotopic (exact) mass is 1660 g/mol. The standard InChI is InChI=1S/C58H86N16O18P2.C10H12N5O3.Co/c1-25(91-94(87,88)92-93(85,86)89-23-33-45(82)46(83)52(90-33)74-24-67-44-50(74)71-53(65)72-51(44)84)22-66-41(81)16-17-55(6)31(18-38(62)78)49-58(9)57(8,21-40(64)80)30(12-15-37(61)77)43(73-58)27(3)48-56(7,20-39(63)79)28(10-13-35(59)75)32(68-48)19-34-54(4,5)29(11-14-36(60)76)42(69-34)26(2)47(55)70-49;1-4-6(16)7(17)10(18-4)15-3-14-5-8(11)12-2-13-9(5)15;/h19,24-25,28-31,33,45-46,49,52,82-83H,10-18,20-23H2,1-9H3,(H19,59,60,61,62,63,64,65,66,68,69,70,71,72,73,75,76,77,78,79,80,81,84,85,86,87,88);2-4,6-7,10,16-17H,1H2,(H2,11,12,13);/q;-1;+3/p-1/t25-,28-,29-,30-,31+,33-,45-,46-,49?,52-,55-,56+,57+,58+;4-,6-,7-,10-;/m11./s1. The maximum absolute atomic E-state index is 14.3. The number of aliphatic imine (C=N–C) groups is 3. The molecule has 0 spiro atoms. The number of H-pyrrole nitrogens is 1. The first-order chi connectivity index (χ1) is 52.1. The molecule has 113 heavy (non-hydrogen) atoms. The van der Waals surface area contributed by atoms with Crippen LogP contribution in [0.25, 0.3) is 27.6 Å². The zero-order valence-electron chi connectivity index (χ0n) is 63.4. The summed E-state index contributed by atoms with van der Waals surface area (Å²) < 4.78 is 54.5. The summed E-state index contributed by atoms with van der Waals surface area (Å²) in [7, 11) is -11.1. The van der Waals surface area contributed by atoms with Crippen LogP contribution in [0.5, 0.6) is 0 Å². The molecule has 45 heteroatoms. The Bertz CT molecular complexity index is 4810. The Kier molecular flexibility index (Phi) is 26.0. The number of nitrogens with zero attached hydrogens (tertiary/aromatic N) is 11. The average Bonchev–Trinajstić information content (AvgIpc) is 1.53. The van der Waals surface area contributed by atoms with Gasteiger partial charge in [0.1, 0.15) is 36.3 Å². The SMILES string of the molecule is C/C1=C2N=C(/C=C3N=C(/C(C)=C4\[N-][C@@](C)(C5N=C1[C@](C)(CCC(=O)NC[C@@H](C)OP(=O)(O)OP(=O)(O)OC[C@H]1O[C@@H](n6cnc7c(=O)[nH]c(N)nc76)[C@H](O)[C@@H]1O)[C@H]5CC(N)=O)[C@@](C)(CC(N)=O)[C@@H]4CCC(N)=O)[C@@](C)(CC(N)=O)[C@@H]\3CCC(N)=O)C(C)(C)[C@@H]/2CCC(N)=O.[CH2-][C@H]1O[C@@H](n2cnc3c(N)ncnc32)[C@H](O)[C@@H]1O.[Co+3]. The molecule has 7 amide bonds. The van der Waals surface area contributed by atoms with Gasteiger partial charge in [-0.15, -0.1) is 0 Å². The number of hydrogen-bond acceptors (Lipinski definition) is 29. The fourth-order valence-electron chi connectivity index (χ4n) is 17.0. The summed E-state index contributed by atoms with van der Waals surface area (Å²) in [6.45, 7) is 17.9. The zero-order chi connectivity index (χ0) is 82.8. The number of amides is 7. The van der Waals surface area contributed by atoms with Crippen molar-refractivity contribution >= 4 is 108 Å². The number of nitrogen functional groups attached to an aromatic ring is 2. The van der Waals surface area contributed by atoms with Gasteiger partial charge in [-0.05, 0) is 87.0 Å². The molecular formula is C68H97CoN21O21P2+. The fraction of sp³-hybridized carbons (Fsp3) is 0.603. The summed E-state index contributed by atoms with van der Waals surface area (Å²) in [4.78, 5) is 165. The number of aromatic nitrogens is 8. The van der Waals surface area contributed by atoms with Crippen molar-refractivity contribution in [2.24, 2.45) is 94.7 Å². The Balaban J connectivity index is 0.000000669. The molecule has 11 heterocycles. The number of imidazole rings is 2. The van der Waals surface area contributed by atoms with Crippen LogP contribution >= 0.6 is 15.6 Å². The second-order valence-corrected chi connectivity index (χ2v) is 33.9. The molecule has 7 aliphatic heterocycles. The number of carbonyl (C=O) groups is 7. The van der Waals surface area contributed by atoms with Crippen LogP contribution in [0.3, 0.4) is 0 Å². The summed E-state index contributed by atoms with van der Waals surface area (Å²) in [5.41, 5.74) is 44.0. The van der Waals surface area contributed by atoms with E-state index in [-0.39, 0.29) is 110 Å². The Morgan fingerprint density at radius 3 is 1.88 bits per heavy atom. The van der Waals surface area contributed by atoms with E-state index in [0.717, 1.165) is 10.9 Å². The number of phosphoric ester groups is 2. The summed E-state index contributed by atoms with van der Waals surface area (Å²) >= 11 is 0. The van der Waals surface area contributed by atoms with Crippen molar-refractivity contribution in [3.8, 4) is 0 Å². The van der Waals surface area contributed by atoms with Crippen LogP contribution in [0.2, 0.25) is 0 Å². The number of rotatable bonds is 29. The first-order valence-corrected chi connectivity index (χ1v) is 38.9. The normalized spacial score (nSPS) is 33.4. The topological polar surface area (TPSA) is 700 Å². The summed E-state index contributed by atoms with van der Waals surface area (Å²) in [6.07, 6.45) is -7.62. The maximum Gasteiger partial charge on any atom is 3.00 e. The van der Waals surface area contributed by atoms with Crippen LogP contribution in [0.4, 0.5) is 11.8 Å². The largest absolute Gasteiger partial charge is 3.00 e. The molecule has 8 bridgehead atoms. The van der Waals surface area contributed by atoms with Crippen molar-refractivity contribution in [1.82, 2.24) is 44.4 Å². The van der Waals surface area contributed by atoms with Crippen LogP contribution in [0, 0.1) is 52.3 Å². The number of aromatic amines is 1. The Hall–Kier alpha value is -8.65. The van der Waals surface area contributed by atoms with E-state index in [9.17, 15) is 77.7 Å². The molecule has 0 aliphatic carbocycles. The van der Waals surface area contributed by atoms with Gasteiger partial charge in [0.25, 0.3) is 5.56 Å². The van der Waals surface area contributed by atoms with Crippen molar-refractivity contribution in [3.05, 3.63) is 75.9 Å². The quantitative estimate of drug-likeness (QED) is 0.0251. The molecule has 42 nitrogen and oxygen atoms in total. The van der Waals surface area contributed by atoms with Gasteiger partial charge < -0.3 is 103 Å². The number of fused-ring (bicyclic) bond motifs is 8. The zero-order valence-corrected chi connectivity index (χ0v) is 66.2. The molecule has 4 aromatic heterocycles. The molecule has 7 aliphatic rings. The van der Waals surface area contributed by atoms with Gasteiger partial charge >= 0.3 is 32.4 Å². The van der Waals surface area contributed by atoms with Gasteiger partial charge in [-0.3, -0.25) is 76.5 Å². The second kappa shape index (κ2) is 33.3. The molecule has 0 radical (unpaired) electrons. The molecule has 11 rings (SSSR count). The molecule has 3 saturated heterocycles. The molecule has 20 atom stereocenters.